The molecule has 6 heteroatoms. The summed E-state index contributed by atoms with van der Waals surface area (Å²) in [6, 6.07) is 9.39. The molecule has 2 heterocycles. The van der Waals surface area contributed by atoms with Crippen molar-refractivity contribution in [3.05, 3.63) is 70.4 Å². The normalized spacial score (nSPS) is 10.5. The first-order valence-corrected chi connectivity index (χ1v) is 9.46. The lowest BCUT2D eigenvalue weighted by Crippen LogP contribution is -2.15. The van der Waals surface area contributed by atoms with Gasteiger partial charge in [-0.3, -0.25) is 9.78 Å². The zero-order valence-corrected chi connectivity index (χ0v) is 16.2. The molecule has 2 aromatic heterocycles. The van der Waals surface area contributed by atoms with Gasteiger partial charge in [0.25, 0.3) is 5.91 Å². The number of rotatable bonds is 5. The first-order chi connectivity index (χ1) is 13.0. The molecule has 0 spiro atoms. The molecule has 0 bridgehead atoms. The Morgan fingerprint density at radius 2 is 2.00 bits per heavy atom. The molecule has 0 atom stereocenters. The quantitative estimate of drug-likeness (QED) is 0.642. The molecule has 0 saturated carbocycles. The highest BCUT2D eigenvalue weighted by atomic mass is 32.1. The van der Waals surface area contributed by atoms with Crippen LogP contribution in [0.3, 0.4) is 0 Å². The summed E-state index contributed by atoms with van der Waals surface area (Å²) >= 11 is 1.31. The van der Waals surface area contributed by atoms with Crippen molar-refractivity contribution in [1.29, 1.82) is 0 Å². The number of benzene rings is 1. The molecule has 0 aliphatic carbocycles. The van der Waals surface area contributed by atoms with Crippen LogP contribution in [0.15, 0.2) is 48.1 Å². The fourth-order valence-electron chi connectivity index (χ4n) is 2.65. The van der Waals surface area contributed by atoms with Crippen LogP contribution in [0.4, 0.5) is 5.00 Å². The molecule has 3 aromatic rings. The first-order valence-electron chi connectivity index (χ1n) is 8.59. The summed E-state index contributed by atoms with van der Waals surface area (Å²) in [5.41, 5.74) is 4.78. The third kappa shape index (κ3) is 4.06. The number of nitrogens with zero attached hydrogens (tertiary/aromatic N) is 1. The molecule has 138 valence electrons. The fraction of sp³-hybridized carbons (Fsp3) is 0.190. The molecule has 27 heavy (non-hydrogen) atoms. The Balaban J connectivity index is 2.01. The minimum atomic E-state index is -0.450. The second-order valence-electron chi connectivity index (χ2n) is 6.07. The third-order valence-electron chi connectivity index (χ3n) is 4.24. The second-order valence-corrected chi connectivity index (χ2v) is 6.95. The van der Waals surface area contributed by atoms with Crippen molar-refractivity contribution >= 4 is 28.2 Å². The van der Waals surface area contributed by atoms with Crippen LogP contribution < -0.4 is 5.32 Å². The van der Waals surface area contributed by atoms with E-state index in [0.717, 1.165) is 16.7 Å². The number of ether oxygens (including phenoxy) is 1. The molecule has 0 radical (unpaired) electrons. The van der Waals surface area contributed by atoms with Gasteiger partial charge in [-0.15, -0.1) is 11.3 Å². The van der Waals surface area contributed by atoms with Gasteiger partial charge in [0.05, 0.1) is 12.2 Å². The van der Waals surface area contributed by atoms with Gasteiger partial charge < -0.3 is 10.1 Å². The van der Waals surface area contributed by atoms with Gasteiger partial charge in [0.15, 0.2) is 0 Å². The molecular weight excluding hydrogens is 360 g/mol. The highest BCUT2D eigenvalue weighted by Crippen LogP contribution is 2.37. The van der Waals surface area contributed by atoms with Crippen molar-refractivity contribution in [2.75, 3.05) is 11.9 Å². The molecule has 5 nitrogen and oxygen atoms in total. The number of hydrogen-bond acceptors (Lipinski definition) is 5. The lowest BCUT2D eigenvalue weighted by atomic mass is 9.99. The summed E-state index contributed by atoms with van der Waals surface area (Å²) in [5.74, 6) is -0.768. The largest absolute Gasteiger partial charge is 0.462 e. The Hall–Kier alpha value is -2.99. The summed E-state index contributed by atoms with van der Waals surface area (Å²) in [4.78, 5) is 29.1. The van der Waals surface area contributed by atoms with Gasteiger partial charge in [0.2, 0.25) is 0 Å². The predicted octanol–water partition coefficient (Wildman–Crippen LogP) is 4.86. The number of amides is 1. The molecule has 0 aliphatic heterocycles. The van der Waals surface area contributed by atoms with E-state index in [9.17, 15) is 9.59 Å². The average Bonchev–Trinajstić information content (AvgIpc) is 3.08. The maximum Gasteiger partial charge on any atom is 0.341 e. The standard InChI is InChI=1S/C21H20N2O3S/c1-4-26-21(25)18-17(15-8-7-13(2)14(3)10-15)12-27-20(18)23-19(24)16-6-5-9-22-11-16/h5-12H,4H2,1-3H3,(H,23,24). The van der Waals surface area contributed by atoms with Gasteiger partial charge in [-0.1, -0.05) is 18.2 Å². The van der Waals surface area contributed by atoms with Crippen LogP contribution in [0.2, 0.25) is 0 Å². The number of anilines is 1. The highest BCUT2D eigenvalue weighted by Gasteiger charge is 2.23. The van der Waals surface area contributed by atoms with Crippen LogP contribution in [-0.4, -0.2) is 23.5 Å². The minimum absolute atomic E-state index is 0.261. The molecule has 0 saturated heterocycles. The molecule has 0 unspecified atom stereocenters. The molecule has 1 aromatic carbocycles. The van der Waals surface area contributed by atoms with Crippen molar-refractivity contribution in [3.8, 4) is 11.1 Å². The van der Waals surface area contributed by atoms with Crippen molar-refractivity contribution in [2.24, 2.45) is 0 Å². The number of esters is 1. The Kier molecular flexibility index (Phi) is 5.66. The maximum absolute atomic E-state index is 12.6. The van der Waals surface area contributed by atoms with Crippen molar-refractivity contribution in [2.45, 2.75) is 20.8 Å². The number of aryl methyl sites for hydroxylation is 2. The lowest BCUT2D eigenvalue weighted by Gasteiger charge is -2.10. The van der Waals surface area contributed by atoms with Gasteiger partial charge >= 0.3 is 5.97 Å². The smallest absolute Gasteiger partial charge is 0.341 e. The highest BCUT2D eigenvalue weighted by molar-refractivity contribution is 7.15. The summed E-state index contributed by atoms with van der Waals surface area (Å²) in [6.45, 7) is 6.09. The number of carbonyl (C=O) groups is 2. The zero-order valence-electron chi connectivity index (χ0n) is 15.4. The van der Waals surface area contributed by atoms with E-state index in [1.807, 2.05) is 37.4 Å². The fourth-order valence-corrected chi connectivity index (χ4v) is 3.60. The molecule has 0 fully saturated rings. The Bertz CT molecular complexity index is 980. The van der Waals surface area contributed by atoms with Crippen LogP contribution in [-0.2, 0) is 4.74 Å². The van der Waals surface area contributed by atoms with Gasteiger partial charge in [-0.05, 0) is 49.6 Å². The molecule has 1 N–H and O–H groups in total. The number of carbonyl (C=O) groups excluding carboxylic acids is 2. The van der Waals surface area contributed by atoms with E-state index in [4.69, 9.17) is 4.74 Å². The third-order valence-corrected chi connectivity index (χ3v) is 5.13. The SMILES string of the molecule is CCOC(=O)c1c(-c2ccc(C)c(C)c2)csc1NC(=O)c1cccnc1. The van der Waals surface area contributed by atoms with Gasteiger partial charge in [0.1, 0.15) is 10.6 Å². The molecular formula is C21H20N2O3S. The maximum atomic E-state index is 12.6. The van der Waals surface area contributed by atoms with Crippen LogP contribution in [0.25, 0.3) is 11.1 Å². The number of aromatic nitrogens is 1. The van der Waals surface area contributed by atoms with E-state index >= 15 is 0 Å². The summed E-state index contributed by atoms with van der Waals surface area (Å²) in [7, 11) is 0. The van der Waals surface area contributed by atoms with Gasteiger partial charge in [0, 0.05) is 23.3 Å². The zero-order chi connectivity index (χ0) is 19.4. The van der Waals surface area contributed by atoms with E-state index in [1.165, 1.54) is 23.1 Å². The van der Waals surface area contributed by atoms with Crippen molar-refractivity contribution in [3.63, 3.8) is 0 Å². The summed E-state index contributed by atoms with van der Waals surface area (Å²) < 4.78 is 5.23. The second kappa shape index (κ2) is 8.14. The van der Waals surface area contributed by atoms with Crippen LogP contribution in [0, 0.1) is 13.8 Å². The van der Waals surface area contributed by atoms with Crippen molar-refractivity contribution < 1.29 is 14.3 Å². The van der Waals surface area contributed by atoms with Crippen LogP contribution >= 0.6 is 11.3 Å². The predicted molar refractivity (Wildman–Crippen MR) is 107 cm³/mol. The Labute approximate surface area is 162 Å². The number of hydrogen-bond donors (Lipinski definition) is 1. The Morgan fingerprint density at radius 3 is 2.67 bits per heavy atom. The van der Waals surface area contributed by atoms with E-state index in [0.29, 0.717) is 16.1 Å². The van der Waals surface area contributed by atoms with Crippen molar-refractivity contribution in [1.82, 2.24) is 4.98 Å². The van der Waals surface area contributed by atoms with E-state index in [1.54, 1.807) is 25.3 Å². The number of pyridine rings is 1. The lowest BCUT2D eigenvalue weighted by molar-refractivity contribution is 0.0529. The van der Waals surface area contributed by atoms with E-state index in [-0.39, 0.29) is 12.5 Å². The summed E-state index contributed by atoms with van der Waals surface area (Å²) in [5, 5.41) is 5.16. The van der Waals surface area contributed by atoms with Gasteiger partial charge in [-0.25, -0.2) is 4.79 Å². The van der Waals surface area contributed by atoms with Crippen LogP contribution in [0.1, 0.15) is 38.8 Å². The monoisotopic (exact) mass is 380 g/mol. The first kappa shape index (κ1) is 18.8. The number of thiophene rings is 1. The van der Waals surface area contributed by atoms with Crippen LogP contribution in [0.5, 0.6) is 0 Å². The Morgan fingerprint density at radius 1 is 1.19 bits per heavy atom. The number of nitrogens with one attached hydrogen (secondary N) is 1. The summed E-state index contributed by atoms with van der Waals surface area (Å²) in [6.07, 6.45) is 3.08. The topological polar surface area (TPSA) is 68.3 Å². The molecule has 1 amide bonds. The minimum Gasteiger partial charge on any atom is -0.462 e. The average molecular weight is 380 g/mol. The molecule has 0 aliphatic rings. The van der Waals surface area contributed by atoms with Gasteiger partial charge in [-0.2, -0.15) is 0 Å². The van der Waals surface area contributed by atoms with E-state index in [2.05, 4.69) is 10.3 Å². The molecule has 3 rings (SSSR count). The van der Waals surface area contributed by atoms with E-state index < -0.39 is 5.97 Å².